The summed E-state index contributed by atoms with van der Waals surface area (Å²) in [7, 11) is 1.72. The number of rotatable bonds is 6. The Morgan fingerprint density at radius 2 is 2.33 bits per heavy atom. The second kappa shape index (κ2) is 5.51. The van der Waals surface area contributed by atoms with Crippen LogP contribution in [0.5, 0.6) is 0 Å². The molecular formula is C9H20N2O. The molecule has 1 saturated carbocycles. The topological polar surface area (TPSA) is 47.3 Å². The van der Waals surface area contributed by atoms with Gasteiger partial charge < -0.3 is 15.8 Å². The first kappa shape index (κ1) is 9.96. The van der Waals surface area contributed by atoms with Gasteiger partial charge in [0.1, 0.15) is 0 Å². The SMILES string of the molecule is COCCNC(CN)C1CCC1. The monoisotopic (exact) mass is 172 g/mol. The van der Waals surface area contributed by atoms with E-state index in [4.69, 9.17) is 10.5 Å². The van der Waals surface area contributed by atoms with Crippen molar-refractivity contribution in [2.24, 2.45) is 11.7 Å². The summed E-state index contributed by atoms with van der Waals surface area (Å²) in [6.07, 6.45) is 4.08. The lowest BCUT2D eigenvalue weighted by atomic mass is 9.80. The van der Waals surface area contributed by atoms with Crippen molar-refractivity contribution in [2.45, 2.75) is 25.3 Å². The molecule has 0 aliphatic heterocycles. The van der Waals surface area contributed by atoms with Gasteiger partial charge in [-0.15, -0.1) is 0 Å². The molecule has 0 aromatic carbocycles. The first-order valence-electron chi connectivity index (χ1n) is 4.81. The molecule has 1 atom stereocenters. The molecule has 0 radical (unpaired) electrons. The molecule has 3 heteroatoms. The van der Waals surface area contributed by atoms with Crippen molar-refractivity contribution in [3.63, 3.8) is 0 Å². The van der Waals surface area contributed by atoms with E-state index in [0.717, 1.165) is 25.6 Å². The van der Waals surface area contributed by atoms with Crippen molar-refractivity contribution < 1.29 is 4.74 Å². The van der Waals surface area contributed by atoms with Gasteiger partial charge in [0.15, 0.2) is 0 Å². The molecule has 0 aromatic heterocycles. The van der Waals surface area contributed by atoms with Crippen LogP contribution in [-0.2, 0) is 4.74 Å². The number of hydrogen-bond acceptors (Lipinski definition) is 3. The van der Waals surface area contributed by atoms with Crippen LogP contribution >= 0.6 is 0 Å². The molecule has 0 heterocycles. The molecule has 1 aliphatic rings. The van der Waals surface area contributed by atoms with Crippen LogP contribution in [0.3, 0.4) is 0 Å². The summed E-state index contributed by atoms with van der Waals surface area (Å²) in [6, 6.07) is 0.522. The first-order valence-corrected chi connectivity index (χ1v) is 4.81. The van der Waals surface area contributed by atoms with E-state index in [-0.39, 0.29) is 0 Å². The van der Waals surface area contributed by atoms with Crippen molar-refractivity contribution in [1.82, 2.24) is 5.32 Å². The Kier molecular flexibility index (Phi) is 4.58. The van der Waals surface area contributed by atoms with Crippen LogP contribution in [-0.4, -0.2) is 32.8 Å². The van der Waals surface area contributed by atoms with Gasteiger partial charge in [-0.2, -0.15) is 0 Å². The zero-order valence-corrected chi connectivity index (χ0v) is 7.88. The van der Waals surface area contributed by atoms with E-state index in [0.29, 0.717) is 6.04 Å². The van der Waals surface area contributed by atoms with Gasteiger partial charge in [0.2, 0.25) is 0 Å². The highest BCUT2D eigenvalue weighted by molar-refractivity contribution is 4.83. The minimum absolute atomic E-state index is 0.522. The van der Waals surface area contributed by atoms with Crippen molar-refractivity contribution in [2.75, 3.05) is 26.8 Å². The minimum atomic E-state index is 0.522. The molecule has 0 spiro atoms. The predicted molar refractivity (Wildman–Crippen MR) is 50.1 cm³/mol. The molecule has 1 aliphatic carbocycles. The summed E-state index contributed by atoms with van der Waals surface area (Å²) in [5, 5.41) is 3.42. The van der Waals surface area contributed by atoms with Gasteiger partial charge in [0.05, 0.1) is 6.61 Å². The van der Waals surface area contributed by atoms with Crippen molar-refractivity contribution in [3.8, 4) is 0 Å². The van der Waals surface area contributed by atoms with Crippen LogP contribution in [0.1, 0.15) is 19.3 Å². The average Bonchev–Trinajstić information content (AvgIpc) is 1.99. The standard InChI is InChI=1S/C9H20N2O/c1-12-6-5-11-9(7-10)8-3-2-4-8/h8-9,11H,2-7,10H2,1H3. The molecule has 72 valence electrons. The molecule has 1 rings (SSSR count). The van der Waals surface area contributed by atoms with E-state index in [1.54, 1.807) is 7.11 Å². The van der Waals surface area contributed by atoms with E-state index >= 15 is 0 Å². The summed E-state index contributed by atoms with van der Waals surface area (Å²) in [5.41, 5.74) is 5.66. The molecule has 0 amide bonds. The van der Waals surface area contributed by atoms with Crippen LogP contribution in [0, 0.1) is 5.92 Å². The van der Waals surface area contributed by atoms with Crippen LogP contribution in [0.2, 0.25) is 0 Å². The molecular weight excluding hydrogens is 152 g/mol. The predicted octanol–water partition coefficient (Wildman–Crippen LogP) is 0.350. The van der Waals surface area contributed by atoms with Crippen molar-refractivity contribution in [3.05, 3.63) is 0 Å². The van der Waals surface area contributed by atoms with Crippen LogP contribution in [0.15, 0.2) is 0 Å². The van der Waals surface area contributed by atoms with Gasteiger partial charge in [-0.25, -0.2) is 0 Å². The molecule has 0 aromatic rings. The molecule has 0 bridgehead atoms. The lowest BCUT2D eigenvalue weighted by Crippen LogP contribution is -2.45. The minimum Gasteiger partial charge on any atom is -0.383 e. The summed E-state index contributed by atoms with van der Waals surface area (Å²) < 4.78 is 4.96. The number of methoxy groups -OCH3 is 1. The fourth-order valence-corrected chi connectivity index (χ4v) is 1.63. The third-order valence-corrected chi connectivity index (χ3v) is 2.69. The van der Waals surface area contributed by atoms with Crippen LogP contribution in [0.25, 0.3) is 0 Å². The molecule has 1 unspecified atom stereocenters. The van der Waals surface area contributed by atoms with Gasteiger partial charge >= 0.3 is 0 Å². The quantitative estimate of drug-likeness (QED) is 0.568. The summed E-state index contributed by atoms with van der Waals surface area (Å²) in [6.45, 7) is 2.46. The maximum Gasteiger partial charge on any atom is 0.0587 e. The lowest BCUT2D eigenvalue weighted by molar-refractivity contribution is 0.177. The normalized spacial score (nSPS) is 20.5. The van der Waals surface area contributed by atoms with E-state index in [1.807, 2.05) is 0 Å². The van der Waals surface area contributed by atoms with Gasteiger partial charge in [-0.3, -0.25) is 0 Å². The zero-order valence-electron chi connectivity index (χ0n) is 7.88. The fourth-order valence-electron chi connectivity index (χ4n) is 1.63. The van der Waals surface area contributed by atoms with E-state index in [1.165, 1.54) is 19.3 Å². The van der Waals surface area contributed by atoms with Gasteiger partial charge in [-0.1, -0.05) is 6.42 Å². The Morgan fingerprint density at radius 1 is 1.58 bits per heavy atom. The number of nitrogens with two attached hydrogens (primary N) is 1. The van der Waals surface area contributed by atoms with Crippen LogP contribution in [0.4, 0.5) is 0 Å². The third-order valence-electron chi connectivity index (χ3n) is 2.69. The van der Waals surface area contributed by atoms with Crippen molar-refractivity contribution in [1.29, 1.82) is 0 Å². The van der Waals surface area contributed by atoms with Crippen molar-refractivity contribution >= 4 is 0 Å². The van der Waals surface area contributed by atoms with E-state index in [2.05, 4.69) is 5.32 Å². The van der Waals surface area contributed by atoms with E-state index in [9.17, 15) is 0 Å². The molecule has 3 nitrogen and oxygen atoms in total. The number of ether oxygens (including phenoxy) is 1. The summed E-state index contributed by atoms with van der Waals surface area (Å²) in [5.74, 6) is 0.826. The molecule has 12 heavy (non-hydrogen) atoms. The molecule has 1 fully saturated rings. The van der Waals surface area contributed by atoms with Gasteiger partial charge in [0, 0.05) is 26.2 Å². The second-order valence-electron chi connectivity index (χ2n) is 3.48. The Morgan fingerprint density at radius 3 is 2.75 bits per heavy atom. The lowest BCUT2D eigenvalue weighted by Gasteiger charge is -2.33. The Bertz CT molecular complexity index is 115. The van der Waals surface area contributed by atoms with Gasteiger partial charge in [0.25, 0.3) is 0 Å². The Hall–Kier alpha value is -0.120. The highest BCUT2D eigenvalue weighted by Gasteiger charge is 2.25. The summed E-state index contributed by atoms with van der Waals surface area (Å²) in [4.78, 5) is 0. The van der Waals surface area contributed by atoms with E-state index < -0.39 is 0 Å². The fraction of sp³-hybridized carbons (Fsp3) is 1.00. The largest absolute Gasteiger partial charge is 0.383 e. The zero-order chi connectivity index (χ0) is 8.81. The Labute approximate surface area is 74.7 Å². The molecule has 0 saturated heterocycles. The third kappa shape index (κ3) is 2.73. The maximum absolute atomic E-state index is 5.66. The summed E-state index contributed by atoms with van der Waals surface area (Å²) >= 11 is 0. The highest BCUT2D eigenvalue weighted by atomic mass is 16.5. The average molecular weight is 172 g/mol. The number of hydrogen-bond donors (Lipinski definition) is 2. The smallest absolute Gasteiger partial charge is 0.0587 e. The number of nitrogens with one attached hydrogen (secondary N) is 1. The maximum atomic E-state index is 5.66. The van der Waals surface area contributed by atoms with Gasteiger partial charge in [-0.05, 0) is 18.8 Å². The molecule has 3 N–H and O–H groups in total. The second-order valence-corrected chi connectivity index (χ2v) is 3.48. The van der Waals surface area contributed by atoms with Crippen LogP contribution < -0.4 is 11.1 Å². The first-order chi connectivity index (χ1) is 5.88. The highest BCUT2D eigenvalue weighted by Crippen LogP contribution is 2.28. The Balaban J connectivity index is 2.07.